The van der Waals surface area contributed by atoms with E-state index in [1.807, 2.05) is 0 Å². The largest absolute Gasteiger partial charge is 0.450 e. The first-order chi connectivity index (χ1) is 12.9. The lowest BCUT2D eigenvalue weighted by molar-refractivity contribution is -0.122. The van der Waals surface area contributed by atoms with Crippen molar-refractivity contribution < 1.29 is 19.1 Å². The third-order valence-electron chi connectivity index (χ3n) is 4.47. The van der Waals surface area contributed by atoms with Crippen molar-refractivity contribution in [1.29, 1.82) is 0 Å². The van der Waals surface area contributed by atoms with Gasteiger partial charge in [0, 0.05) is 39.0 Å². The number of carbonyl (C=O) groups is 3. The van der Waals surface area contributed by atoms with E-state index in [-0.39, 0.29) is 36.9 Å². The molecule has 27 heavy (non-hydrogen) atoms. The minimum Gasteiger partial charge on any atom is -0.450 e. The van der Waals surface area contributed by atoms with Gasteiger partial charge >= 0.3 is 6.09 Å². The van der Waals surface area contributed by atoms with Gasteiger partial charge in [-0.15, -0.1) is 0 Å². The SMILES string of the molecule is CCOC(=O)N1CCC(NC(=O)CCN(C(C)=O)c2ccccc2Cl)CC1. The Morgan fingerprint density at radius 3 is 2.52 bits per heavy atom. The monoisotopic (exact) mass is 395 g/mol. The molecule has 1 heterocycles. The summed E-state index contributed by atoms with van der Waals surface area (Å²) in [5.41, 5.74) is 0.599. The summed E-state index contributed by atoms with van der Waals surface area (Å²) in [6.07, 6.45) is 1.25. The molecular weight excluding hydrogens is 370 g/mol. The highest BCUT2D eigenvalue weighted by atomic mass is 35.5. The molecule has 0 bridgehead atoms. The predicted molar refractivity (Wildman–Crippen MR) is 104 cm³/mol. The summed E-state index contributed by atoms with van der Waals surface area (Å²) in [6, 6.07) is 7.08. The van der Waals surface area contributed by atoms with Gasteiger partial charge in [0.05, 0.1) is 17.3 Å². The van der Waals surface area contributed by atoms with Gasteiger partial charge in [-0.25, -0.2) is 4.79 Å². The molecular formula is C19H26ClN3O4. The number of hydrogen-bond donors (Lipinski definition) is 1. The van der Waals surface area contributed by atoms with Gasteiger partial charge in [-0.2, -0.15) is 0 Å². The van der Waals surface area contributed by atoms with Crippen molar-refractivity contribution in [3.8, 4) is 0 Å². The van der Waals surface area contributed by atoms with Gasteiger partial charge in [-0.1, -0.05) is 23.7 Å². The van der Waals surface area contributed by atoms with Crippen molar-refractivity contribution >= 4 is 35.2 Å². The van der Waals surface area contributed by atoms with Crippen LogP contribution in [0.2, 0.25) is 5.02 Å². The fourth-order valence-corrected chi connectivity index (χ4v) is 3.29. The van der Waals surface area contributed by atoms with Gasteiger partial charge in [0.2, 0.25) is 11.8 Å². The minimum absolute atomic E-state index is 0.0225. The average molecular weight is 396 g/mol. The van der Waals surface area contributed by atoms with Gasteiger partial charge < -0.3 is 19.9 Å². The highest BCUT2D eigenvalue weighted by molar-refractivity contribution is 6.33. The fourth-order valence-electron chi connectivity index (χ4n) is 3.05. The molecule has 0 saturated carbocycles. The Morgan fingerprint density at radius 1 is 1.26 bits per heavy atom. The number of rotatable bonds is 6. The fraction of sp³-hybridized carbons (Fsp3) is 0.526. The van der Waals surface area contributed by atoms with Crippen LogP contribution in [0.25, 0.3) is 0 Å². The molecule has 0 radical (unpaired) electrons. The number of halogens is 1. The van der Waals surface area contributed by atoms with E-state index in [2.05, 4.69) is 5.32 Å². The molecule has 0 atom stereocenters. The number of hydrogen-bond acceptors (Lipinski definition) is 4. The smallest absolute Gasteiger partial charge is 0.409 e. The third-order valence-corrected chi connectivity index (χ3v) is 4.79. The number of nitrogens with one attached hydrogen (secondary N) is 1. The first kappa shape index (κ1) is 21.0. The molecule has 1 aromatic carbocycles. The summed E-state index contributed by atoms with van der Waals surface area (Å²) in [7, 11) is 0. The highest BCUT2D eigenvalue weighted by Gasteiger charge is 2.25. The normalized spacial score (nSPS) is 14.6. The van der Waals surface area contributed by atoms with Crippen molar-refractivity contribution in [1.82, 2.24) is 10.2 Å². The van der Waals surface area contributed by atoms with Crippen molar-refractivity contribution in [3.05, 3.63) is 29.3 Å². The van der Waals surface area contributed by atoms with Crippen LogP contribution in [0, 0.1) is 0 Å². The molecule has 1 fully saturated rings. The lowest BCUT2D eigenvalue weighted by Crippen LogP contribution is -2.47. The zero-order chi connectivity index (χ0) is 19.8. The van der Waals surface area contributed by atoms with Crippen LogP contribution in [0.4, 0.5) is 10.5 Å². The van der Waals surface area contributed by atoms with Crippen LogP contribution >= 0.6 is 11.6 Å². The lowest BCUT2D eigenvalue weighted by atomic mass is 10.1. The molecule has 8 heteroatoms. The second-order valence-corrected chi connectivity index (χ2v) is 6.81. The standard InChI is InChI=1S/C19H26ClN3O4/c1-3-27-19(26)22-11-8-15(9-12-22)21-18(25)10-13-23(14(2)24)17-7-5-4-6-16(17)20/h4-7,15H,3,8-13H2,1-2H3,(H,21,25). The zero-order valence-corrected chi connectivity index (χ0v) is 16.5. The average Bonchev–Trinajstić information content (AvgIpc) is 2.64. The number of likely N-dealkylation sites (tertiary alicyclic amines) is 1. The number of ether oxygens (including phenoxy) is 1. The van der Waals surface area contributed by atoms with Gasteiger partial charge in [0.25, 0.3) is 0 Å². The molecule has 3 amide bonds. The summed E-state index contributed by atoms with van der Waals surface area (Å²) in [4.78, 5) is 39.1. The van der Waals surface area contributed by atoms with E-state index < -0.39 is 0 Å². The maximum Gasteiger partial charge on any atom is 0.409 e. The summed E-state index contributed by atoms with van der Waals surface area (Å²) in [5, 5.41) is 3.45. The Morgan fingerprint density at radius 2 is 1.93 bits per heavy atom. The van der Waals surface area contributed by atoms with E-state index in [0.717, 1.165) is 0 Å². The van der Waals surface area contributed by atoms with Crippen LogP contribution in [0.1, 0.15) is 33.1 Å². The number of benzene rings is 1. The summed E-state index contributed by atoms with van der Waals surface area (Å²) < 4.78 is 4.99. The number of piperidine rings is 1. The molecule has 1 saturated heterocycles. The molecule has 148 valence electrons. The van der Waals surface area contributed by atoms with Crippen molar-refractivity contribution in [2.45, 2.75) is 39.2 Å². The van der Waals surface area contributed by atoms with Gasteiger partial charge in [-0.3, -0.25) is 9.59 Å². The van der Waals surface area contributed by atoms with E-state index in [4.69, 9.17) is 16.3 Å². The molecule has 0 aliphatic carbocycles. The van der Waals surface area contributed by atoms with Crippen molar-refractivity contribution in [2.24, 2.45) is 0 Å². The van der Waals surface area contributed by atoms with E-state index in [1.165, 1.54) is 11.8 Å². The quantitative estimate of drug-likeness (QED) is 0.803. The first-order valence-corrected chi connectivity index (χ1v) is 9.53. The van der Waals surface area contributed by atoms with Crippen LogP contribution in [0.15, 0.2) is 24.3 Å². The summed E-state index contributed by atoms with van der Waals surface area (Å²) in [5.74, 6) is -0.290. The van der Waals surface area contributed by atoms with Gasteiger partial charge in [0.15, 0.2) is 0 Å². The Kier molecular flexibility index (Phi) is 7.91. The van der Waals surface area contributed by atoms with Gasteiger partial charge in [0.1, 0.15) is 0 Å². The van der Waals surface area contributed by atoms with Crippen LogP contribution in [-0.4, -0.2) is 55.1 Å². The number of anilines is 1. The topological polar surface area (TPSA) is 79.0 Å². The molecule has 0 unspecified atom stereocenters. The molecule has 2 rings (SSSR count). The third kappa shape index (κ3) is 6.13. The molecule has 1 aromatic rings. The highest BCUT2D eigenvalue weighted by Crippen LogP contribution is 2.25. The zero-order valence-electron chi connectivity index (χ0n) is 15.7. The second kappa shape index (κ2) is 10.2. The Bertz CT molecular complexity index is 675. The lowest BCUT2D eigenvalue weighted by Gasteiger charge is -2.31. The summed E-state index contributed by atoms with van der Waals surface area (Å²) in [6.45, 7) is 4.95. The molecule has 0 aromatic heterocycles. The number of para-hydroxylation sites is 1. The van der Waals surface area contributed by atoms with Crippen LogP contribution in [0.5, 0.6) is 0 Å². The molecule has 1 aliphatic rings. The van der Waals surface area contributed by atoms with Crippen LogP contribution in [0.3, 0.4) is 0 Å². The Hall–Kier alpha value is -2.28. The second-order valence-electron chi connectivity index (χ2n) is 6.40. The van der Waals surface area contributed by atoms with E-state index in [1.54, 1.807) is 36.1 Å². The molecule has 0 spiro atoms. The molecule has 7 nitrogen and oxygen atoms in total. The summed E-state index contributed by atoms with van der Waals surface area (Å²) >= 11 is 6.16. The van der Waals surface area contributed by atoms with Gasteiger partial charge in [-0.05, 0) is 31.9 Å². The van der Waals surface area contributed by atoms with Crippen molar-refractivity contribution in [3.63, 3.8) is 0 Å². The van der Waals surface area contributed by atoms with Crippen molar-refractivity contribution in [2.75, 3.05) is 31.1 Å². The maximum absolute atomic E-state index is 12.3. The number of carbonyl (C=O) groups excluding carboxylic acids is 3. The number of nitrogens with zero attached hydrogens (tertiary/aromatic N) is 2. The minimum atomic E-state index is -0.306. The van der Waals surface area contributed by atoms with Crippen LogP contribution < -0.4 is 10.2 Å². The predicted octanol–water partition coefficient (Wildman–Crippen LogP) is 2.82. The Labute approximate surface area is 164 Å². The van der Waals surface area contributed by atoms with E-state index >= 15 is 0 Å². The Balaban J connectivity index is 1.81. The molecule has 1 aliphatic heterocycles. The van der Waals surface area contributed by atoms with Crippen LogP contribution in [-0.2, 0) is 14.3 Å². The maximum atomic E-state index is 12.3. The van der Waals surface area contributed by atoms with E-state index in [9.17, 15) is 14.4 Å². The number of amides is 3. The van der Waals surface area contributed by atoms with E-state index in [0.29, 0.717) is 43.2 Å². The molecule has 1 N–H and O–H groups in total. The first-order valence-electron chi connectivity index (χ1n) is 9.16.